The van der Waals surface area contributed by atoms with Gasteiger partial charge in [-0.15, -0.1) is 24.8 Å². The standard InChI is InChI=1S/C18H38.2ClH/c1-3-5-7-9-11-13-15-17-18-16-14-12-10-8-6-4-2;;/h3-18H2,1-2H3;2*1H. The lowest BCUT2D eigenvalue weighted by Crippen LogP contribution is -1.83. The van der Waals surface area contributed by atoms with E-state index in [9.17, 15) is 0 Å². The Morgan fingerprint density at radius 2 is 0.450 bits per heavy atom. The van der Waals surface area contributed by atoms with Gasteiger partial charge in [0.2, 0.25) is 0 Å². The van der Waals surface area contributed by atoms with Crippen LogP contribution in [0.5, 0.6) is 0 Å². The predicted octanol–water partition coefficient (Wildman–Crippen LogP) is 8.11. The summed E-state index contributed by atoms with van der Waals surface area (Å²) in [7, 11) is 0. The van der Waals surface area contributed by atoms with Gasteiger partial charge in [0.1, 0.15) is 0 Å². The first kappa shape index (κ1) is 25.5. The minimum Gasteiger partial charge on any atom is -0.147 e. The van der Waals surface area contributed by atoms with Gasteiger partial charge in [-0.3, -0.25) is 0 Å². The van der Waals surface area contributed by atoms with E-state index in [1.54, 1.807) is 0 Å². The summed E-state index contributed by atoms with van der Waals surface area (Å²) in [6.45, 7) is 4.59. The van der Waals surface area contributed by atoms with Crippen molar-refractivity contribution < 1.29 is 0 Å². The molecule has 0 aliphatic rings. The van der Waals surface area contributed by atoms with Crippen molar-refractivity contribution in [3.8, 4) is 0 Å². The summed E-state index contributed by atoms with van der Waals surface area (Å²) in [4.78, 5) is 0. The third-order valence-corrected chi connectivity index (χ3v) is 3.96. The monoisotopic (exact) mass is 326 g/mol. The fourth-order valence-electron chi connectivity index (χ4n) is 2.62. The van der Waals surface area contributed by atoms with Gasteiger partial charge >= 0.3 is 0 Å². The highest BCUT2D eigenvalue weighted by Gasteiger charge is 1.93. The Morgan fingerprint density at radius 3 is 0.600 bits per heavy atom. The summed E-state index contributed by atoms with van der Waals surface area (Å²) >= 11 is 0. The molecule has 0 N–H and O–H groups in total. The van der Waals surface area contributed by atoms with E-state index in [0.29, 0.717) is 0 Å². The molecule has 0 radical (unpaired) electrons. The molecular formula is C18H40Cl2. The largest absolute Gasteiger partial charge is 0.147 e. The molecule has 0 fully saturated rings. The first-order chi connectivity index (χ1) is 8.91. The van der Waals surface area contributed by atoms with Crippen molar-refractivity contribution in [3.63, 3.8) is 0 Å². The molecule has 0 spiro atoms. The van der Waals surface area contributed by atoms with Crippen LogP contribution in [0.4, 0.5) is 0 Å². The molecule has 0 unspecified atom stereocenters. The van der Waals surface area contributed by atoms with Gasteiger partial charge in [0.25, 0.3) is 0 Å². The fraction of sp³-hybridized carbons (Fsp3) is 1.00. The second-order valence-electron chi connectivity index (χ2n) is 5.95. The van der Waals surface area contributed by atoms with Crippen LogP contribution >= 0.6 is 24.8 Å². The lowest BCUT2D eigenvalue weighted by Gasteiger charge is -2.03. The molecule has 0 atom stereocenters. The van der Waals surface area contributed by atoms with Crippen molar-refractivity contribution >= 4 is 24.8 Å². The molecular weight excluding hydrogens is 287 g/mol. The number of unbranched alkanes of at least 4 members (excludes halogenated alkanes) is 15. The molecule has 0 heterocycles. The van der Waals surface area contributed by atoms with E-state index in [1.165, 1.54) is 103 Å². The Bertz CT molecular complexity index is 121. The second kappa shape index (κ2) is 24.6. The van der Waals surface area contributed by atoms with E-state index < -0.39 is 0 Å². The zero-order valence-corrected chi connectivity index (χ0v) is 15.8. The van der Waals surface area contributed by atoms with E-state index in [1.807, 2.05) is 0 Å². The van der Waals surface area contributed by atoms with E-state index in [4.69, 9.17) is 0 Å². The molecule has 0 saturated carbocycles. The molecule has 0 saturated heterocycles. The molecule has 20 heavy (non-hydrogen) atoms. The van der Waals surface area contributed by atoms with Crippen molar-refractivity contribution in [3.05, 3.63) is 0 Å². The Labute approximate surface area is 141 Å². The zero-order valence-electron chi connectivity index (χ0n) is 14.1. The van der Waals surface area contributed by atoms with E-state index in [2.05, 4.69) is 13.8 Å². The highest BCUT2D eigenvalue weighted by Crippen LogP contribution is 2.13. The minimum absolute atomic E-state index is 0. The second-order valence-corrected chi connectivity index (χ2v) is 5.95. The quantitative estimate of drug-likeness (QED) is 0.266. The highest BCUT2D eigenvalue weighted by atomic mass is 35.5. The Hall–Kier alpha value is 0.580. The molecule has 0 nitrogen and oxygen atoms in total. The molecule has 0 bridgehead atoms. The fourth-order valence-corrected chi connectivity index (χ4v) is 2.62. The highest BCUT2D eigenvalue weighted by molar-refractivity contribution is 5.85. The van der Waals surface area contributed by atoms with Gasteiger partial charge in [-0.1, -0.05) is 117 Å². The van der Waals surface area contributed by atoms with Gasteiger partial charge in [0, 0.05) is 0 Å². The summed E-state index contributed by atoms with van der Waals surface area (Å²) in [6, 6.07) is 0. The number of rotatable bonds is 15. The van der Waals surface area contributed by atoms with Crippen LogP contribution in [0.1, 0.15) is 117 Å². The maximum Gasteiger partial charge on any atom is -0.0533 e. The van der Waals surface area contributed by atoms with E-state index in [-0.39, 0.29) is 24.8 Å². The third-order valence-electron chi connectivity index (χ3n) is 3.96. The average molecular weight is 327 g/mol. The third kappa shape index (κ3) is 23.7. The van der Waals surface area contributed by atoms with Crippen LogP contribution in [0.3, 0.4) is 0 Å². The molecule has 0 aromatic heterocycles. The summed E-state index contributed by atoms with van der Waals surface area (Å²) < 4.78 is 0. The van der Waals surface area contributed by atoms with Gasteiger partial charge in [-0.25, -0.2) is 0 Å². The molecule has 0 amide bonds. The van der Waals surface area contributed by atoms with Gasteiger partial charge < -0.3 is 0 Å². The van der Waals surface area contributed by atoms with Crippen molar-refractivity contribution in [1.29, 1.82) is 0 Å². The van der Waals surface area contributed by atoms with Crippen molar-refractivity contribution in [2.75, 3.05) is 0 Å². The zero-order chi connectivity index (χ0) is 13.3. The Morgan fingerprint density at radius 1 is 0.300 bits per heavy atom. The average Bonchev–Trinajstić information content (AvgIpc) is 2.39. The molecule has 0 aromatic rings. The number of halogens is 2. The maximum absolute atomic E-state index is 2.29. The van der Waals surface area contributed by atoms with Crippen molar-refractivity contribution in [1.82, 2.24) is 0 Å². The van der Waals surface area contributed by atoms with Crippen LogP contribution in [0, 0.1) is 0 Å². The Kier molecular flexibility index (Phi) is 31.4. The normalized spacial score (nSPS) is 9.90. The number of hydrogen-bond donors (Lipinski definition) is 0. The summed E-state index contributed by atoms with van der Waals surface area (Å²) in [5, 5.41) is 0. The SMILES string of the molecule is CCCCCCCCCCCCCCCCCC.Cl.Cl. The van der Waals surface area contributed by atoms with Crippen LogP contribution in [-0.4, -0.2) is 0 Å². The topological polar surface area (TPSA) is 0 Å². The predicted molar refractivity (Wildman–Crippen MR) is 99.7 cm³/mol. The number of hydrogen-bond acceptors (Lipinski definition) is 0. The minimum atomic E-state index is 0. The van der Waals surface area contributed by atoms with Crippen LogP contribution in [0.25, 0.3) is 0 Å². The summed E-state index contributed by atoms with van der Waals surface area (Å²) in [5.74, 6) is 0. The van der Waals surface area contributed by atoms with Crippen LogP contribution in [0.15, 0.2) is 0 Å². The summed E-state index contributed by atoms with van der Waals surface area (Å²) in [5.41, 5.74) is 0. The lowest BCUT2D eigenvalue weighted by molar-refractivity contribution is 0.531. The van der Waals surface area contributed by atoms with Crippen LogP contribution < -0.4 is 0 Å². The van der Waals surface area contributed by atoms with Crippen molar-refractivity contribution in [2.24, 2.45) is 0 Å². The van der Waals surface area contributed by atoms with Gasteiger partial charge in [0.15, 0.2) is 0 Å². The molecule has 0 rings (SSSR count). The van der Waals surface area contributed by atoms with E-state index in [0.717, 1.165) is 0 Å². The summed E-state index contributed by atoms with van der Waals surface area (Å²) in [6.07, 6.45) is 23.4. The molecule has 0 aliphatic carbocycles. The lowest BCUT2D eigenvalue weighted by atomic mass is 10.0. The van der Waals surface area contributed by atoms with Crippen LogP contribution in [-0.2, 0) is 0 Å². The van der Waals surface area contributed by atoms with Crippen molar-refractivity contribution in [2.45, 2.75) is 117 Å². The molecule has 0 aromatic carbocycles. The van der Waals surface area contributed by atoms with Crippen LogP contribution in [0.2, 0.25) is 0 Å². The Balaban J connectivity index is -0.00000144. The van der Waals surface area contributed by atoms with Gasteiger partial charge in [-0.2, -0.15) is 0 Å². The molecule has 0 aliphatic heterocycles. The van der Waals surface area contributed by atoms with Gasteiger partial charge in [-0.05, 0) is 0 Å². The van der Waals surface area contributed by atoms with E-state index >= 15 is 0 Å². The molecule has 126 valence electrons. The first-order valence-electron chi connectivity index (χ1n) is 8.91. The maximum atomic E-state index is 2.29. The van der Waals surface area contributed by atoms with Gasteiger partial charge in [0.05, 0.1) is 0 Å². The molecule has 2 heteroatoms. The smallest absolute Gasteiger partial charge is 0.0533 e. The first-order valence-corrected chi connectivity index (χ1v) is 8.91.